The summed E-state index contributed by atoms with van der Waals surface area (Å²) in [7, 11) is 1.58. The van der Waals surface area contributed by atoms with E-state index in [0.717, 1.165) is 24.6 Å². The minimum Gasteiger partial charge on any atom is -0.493 e. The van der Waals surface area contributed by atoms with Gasteiger partial charge in [0.05, 0.1) is 19.3 Å². The standard InChI is InChI=1S/C27H37N3O6/c1-18(31)28-20(16-35-26(2,3)4)24(32)30-14-11-27(17-30)9-12-29(13-10-27)25(33)22-15-19-7-6-8-21(34-5)23(19)36-22/h6-8,15,20H,9-14,16-17H2,1-5H3,(H,28,31)/t20-/m0/s1. The summed E-state index contributed by atoms with van der Waals surface area (Å²) < 4.78 is 17.0. The van der Waals surface area contributed by atoms with Crippen molar-refractivity contribution in [1.29, 1.82) is 0 Å². The van der Waals surface area contributed by atoms with E-state index in [0.29, 0.717) is 43.3 Å². The molecule has 0 saturated carbocycles. The fourth-order valence-electron chi connectivity index (χ4n) is 5.15. The van der Waals surface area contributed by atoms with Crippen molar-refractivity contribution in [3.8, 4) is 5.75 Å². The first-order valence-electron chi connectivity index (χ1n) is 12.6. The Morgan fingerprint density at radius 3 is 2.39 bits per heavy atom. The first-order valence-corrected chi connectivity index (χ1v) is 12.6. The average Bonchev–Trinajstić information content (AvgIpc) is 3.45. The number of likely N-dealkylation sites (tertiary alicyclic amines) is 2. The van der Waals surface area contributed by atoms with Gasteiger partial charge in [0.25, 0.3) is 5.91 Å². The van der Waals surface area contributed by atoms with Crippen molar-refractivity contribution in [3.05, 3.63) is 30.0 Å². The van der Waals surface area contributed by atoms with Gasteiger partial charge >= 0.3 is 0 Å². The van der Waals surface area contributed by atoms with E-state index in [-0.39, 0.29) is 29.7 Å². The maximum absolute atomic E-state index is 13.3. The molecule has 4 rings (SSSR count). The maximum Gasteiger partial charge on any atom is 0.289 e. The highest BCUT2D eigenvalue weighted by Crippen LogP contribution is 2.41. The van der Waals surface area contributed by atoms with Crippen LogP contribution in [0.3, 0.4) is 0 Å². The van der Waals surface area contributed by atoms with Gasteiger partial charge in [0.15, 0.2) is 17.1 Å². The van der Waals surface area contributed by atoms with Crippen molar-refractivity contribution in [3.63, 3.8) is 0 Å². The minimum atomic E-state index is -0.705. The van der Waals surface area contributed by atoms with Crippen molar-refractivity contribution < 1.29 is 28.3 Å². The third-order valence-corrected chi connectivity index (χ3v) is 7.16. The summed E-state index contributed by atoms with van der Waals surface area (Å²) in [5.74, 6) is 0.422. The zero-order chi connectivity index (χ0) is 26.1. The largest absolute Gasteiger partial charge is 0.493 e. The van der Waals surface area contributed by atoms with E-state index in [9.17, 15) is 14.4 Å². The number of piperidine rings is 1. The number of nitrogens with zero attached hydrogens (tertiary/aromatic N) is 2. The SMILES string of the molecule is COc1cccc2cc(C(=O)N3CCC4(CC3)CCN(C(=O)[C@H](COC(C)(C)C)NC(C)=O)C4)oc12. The van der Waals surface area contributed by atoms with Gasteiger partial charge in [-0.2, -0.15) is 0 Å². The molecule has 0 bridgehead atoms. The van der Waals surface area contributed by atoms with E-state index >= 15 is 0 Å². The number of fused-ring (bicyclic) bond motifs is 1. The van der Waals surface area contributed by atoms with Crippen LogP contribution in [0, 0.1) is 5.41 Å². The van der Waals surface area contributed by atoms with Crippen LogP contribution in [-0.4, -0.2) is 79.1 Å². The Balaban J connectivity index is 1.37. The fourth-order valence-corrected chi connectivity index (χ4v) is 5.15. The summed E-state index contributed by atoms with van der Waals surface area (Å²) in [5.41, 5.74) is 0.147. The van der Waals surface area contributed by atoms with Crippen LogP contribution in [0.4, 0.5) is 0 Å². The van der Waals surface area contributed by atoms with Gasteiger partial charge in [0.1, 0.15) is 6.04 Å². The monoisotopic (exact) mass is 499 g/mol. The number of nitrogens with one attached hydrogen (secondary N) is 1. The second-order valence-corrected chi connectivity index (χ2v) is 11.0. The van der Waals surface area contributed by atoms with E-state index in [2.05, 4.69) is 5.32 Å². The molecule has 2 aliphatic rings. The number of methoxy groups -OCH3 is 1. The number of carbonyl (C=O) groups is 3. The Labute approximate surface area is 212 Å². The lowest BCUT2D eigenvalue weighted by Crippen LogP contribution is -2.51. The molecule has 1 aromatic carbocycles. The summed E-state index contributed by atoms with van der Waals surface area (Å²) in [6, 6.07) is 6.64. The highest BCUT2D eigenvalue weighted by Gasteiger charge is 2.44. The molecule has 0 unspecified atom stereocenters. The average molecular weight is 500 g/mol. The Morgan fingerprint density at radius 2 is 1.78 bits per heavy atom. The Bertz CT molecular complexity index is 1130. The maximum atomic E-state index is 13.3. The molecule has 0 aliphatic carbocycles. The lowest BCUT2D eigenvalue weighted by Gasteiger charge is -2.39. The molecule has 2 fully saturated rings. The molecule has 3 heterocycles. The quantitative estimate of drug-likeness (QED) is 0.655. The van der Waals surface area contributed by atoms with Crippen molar-refractivity contribution in [2.24, 2.45) is 5.41 Å². The topological polar surface area (TPSA) is 101 Å². The zero-order valence-corrected chi connectivity index (χ0v) is 21.9. The van der Waals surface area contributed by atoms with Crippen LogP contribution in [-0.2, 0) is 14.3 Å². The number of ether oxygens (including phenoxy) is 2. The molecule has 2 saturated heterocycles. The number of amides is 3. The van der Waals surface area contributed by atoms with E-state index in [4.69, 9.17) is 13.9 Å². The highest BCUT2D eigenvalue weighted by molar-refractivity contribution is 5.97. The van der Waals surface area contributed by atoms with Crippen LogP contribution in [0.15, 0.2) is 28.7 Å². The van der Waals surface area contributed by atoms with Crippen molar-refractivity contribution in [2.75, 3.05) is 39.9 Å². The Morgan fingerprint density at radius 1 is 1.11 bits per heavy atom. The number of rotatable bonds is 6. The van der Waals surface area contributed by atoms with Crippen molar-refractivity contribution in [1.82, 2.24) is 15.1 Å². The highest BCUT2D eigenvalue weighted by atomic mass is 16.5. The number of furan rings is 1. The Hall–Kier alpha value is -3.07. The molecule has 36 heavy (non-hydrogen) atoms. The number of hydrogen-bond acceptors (Lipinski definition) is 6. The fraction of sp³-hybridized carbons (Fsp3) is 0.593. The lowest BCUT2D eigenvalue weighted by atomic mass is 9.77. The van der Waals surface area contributed by atoms with E-state index in [1.165, 1.54) is 6.92 Å². The van der Waals surface area contributed by atoms with E-state index in [1.807, 2.05) is 48.8 Å². The summed E-state index contributed by atoms with van der Waals surface area (Å²) >= 11 is 0. The van der Waals surface area contributed by atoms with Crippen LogP contribution in [0.5, 0.6) is 5.75 Å². The molecule has 1 spiro atoms. The van der Waals surface area contributed by atoms with Gasteiger partial charge < -0.3 is 29.0 Å². The molecule has 9 heteroatoms. The van der Waals surface area contributed by atoms with Crippen LogP contribution < -0.4 is 10.1 Å². The molecule has 1 aromatic heterocycles. The van der Waals surface area contributed by atoms with Crippen LogP contribution in [0.1, 0.15) is 57.5 Å². The smallest absolute Gasteiger partial charge is 0.289 e. The summed E-state index contributed by atoms with van der Waals surface area (Å²) in [4.78, 5) is 41.8. The van der Waals surface area contributed by atoms with Gasteiger partial charge in [-0.05, 0) is 57.6 Å². The summed E-state index contributed by atoms with van der Waals surface area (Å²) in [6.07, 6.45) is 2.51. The number of carbonyl (C=O) groups excluding carboxylic acids is 3. The summed E-state index contributed by atoms with van der Waals surface area (Å²) in [5, 5.41) is 3.59. The molecule has 3 amide bonds. The first kappa shape index (κ1) is 26.0. The van der Waals surface area contributed by atoms with Crippen LogP contribution in [0.25, 0.3) is 11.0 Å². The second-order valence-electron chi connectivity index (χ2n) is 11.0. The third kappa shape index (κ3) is 5.67. The second kappa shape index (κ2) is 10.1. The van der Waals surface area contributed by atoms with Crippen LogP contribution >= 0.6 is 0 Å². The first-order chi connectivity index (χ1) is 17.0. The molecular formula is C27H37N3O6. The number of para-hydroxylation sites is 1. The van der Waals surface area contributed by atoms with Gasteiger partial charge in [-0.15, -0.1) is 0 Å². The van der Waals surface area contributed by atoms with Crippen LogP contribution in [0.2, 0.25) is 0 Å². The van der Waals surface area contributed by atoms with Gasteiger partial charge in [-0.25, -0.2) is 0 Å². The molecule has 2 aromatic rings. The Kier molecular flexibility index (Phi) is 7.31. The number of benzene rings is 1. The zero-order valence-electron chi connectivity index (χ0n) is 21.9. The van der Waals surface area contributed by atoms with E-state index < -0.39 is 11.6 Å². The normalized spacial score (nSPS) is 18.5. The predicted octanol–water partition coefficient (Wildman–Crippen LogP) is 3.22. The van der Waals surface area contributed by atoms with Crippen molar-refractivity contribution in [2.45, 2.75) is 58.6 Å². The number of hydrogen-bond donors (Lipinski definition) is 1. The molecule has 0 radical (unpaired) electrons. The summed E-state index contributed by atoms with van der Waals surface area (Å²) in [6.45, 7) is 9.79. The van der Waals surface area contributed by atoms with E-state index in [1.54, 1.807) is 13.2 Å². The molecule has 2 aliphatic heterocycles. The molecule has 1 N–H and O–H groups in total. The minimum absolute atomic E-state index is 0.0187. The molecular weight excluding hydrogens is 462 g/mol. The third-order valence-electron chi connectivity index (χ3n) is 7.16. The van der Waals surface area contributed by atoms with Gasteiger partial charge in [0, 0.05) is 38.5 Å². The van der Waals surface area contributed by atoms with Crippen molar-refractivity contribution >= 4 is 28.7 Å². The van der Waals surface area contributed by atoms with Gasteiger partial charge in [-0.1, -0.05) is 12.1 Å². The van der Waals surface area contributed by atoms with Gasteiger partial charge in [0.2, 0.25) is 11.8 Å². The molecule has 9 nitrogen and oxygen atoms in total. The van der Waals surface area contributed by atoms with Gasteiger partial charge in [-0.3, -0.25) is 14.4 Å². The predicted molar refractivity (Wildman–Crippen MR) is 135 cm³/mol. The molecule has 1 atom stereocenters. The molecule has 196 valence electrons. The lowest BCUT2D eigenvalue weighted by molar-refractivity contribution is -0.139.